The molecule has 100 valence electrons. The Morgan fingerprint density at radius 2 is 2.00 bits per heavy atom. The topological polar surface area (TPSA) is 88.1 Å². The Bertz CT molecular complexity index is 368. The van der Waals surface area contributed by atoms with Crippen molar-refractivity contribution >= 4 is 17.6 Å². The summed E-state index contributed by atoms with van der Waals surface area (Å²) in [6, 6.07) is 7.05. The van der Waals surface area contributed by atoms with Crippen LogP contribution >= 0.6 is 11.8 Å². The second kappa shape index (κ2) is 8.66. The minimum Gasteiger partial charge on any atom is -0.493 e. The molecule has 0 saturated heterocycles. The maximum Gasteiger partial charge on any atom is 0.170 e. The molecule has 5 nitrogen and oxygen atoms in total. The molecular weight excluding hydrogens is 252 g/mol. The van der Waals surface area contributed by atoms with Gasteiger partial charge in [0.15, 0.2) is 5.84 Å². The number of hydrogen-bond acceptors (Lipinski definition) is 5. The quantitative estimate of drug-likeness (QED) is 0.218. The summed E-state index contributed by atoms with van der Waals surface area (Å²) in [7, 11) is 0. The van der Waals surface area contributed by atoms with Gasteiger partial charge in [-0.05, 0) is 36.4 Å². The van der Waals surface area contributed by atoms with Gasteiger partial charge in [0.25, 0.3) is 0 Å². The molecule has 0 bridgehead atoms. The molecule has 0 fully saturated rings. The standard InChI is InChI=1S/C12H18N2O3S/c13-12(14-16)10-2-4-11(5-3-10)17-7-9-18-8-1-6-15/h2-5,15-16H,1,6-9H2,(H2,13,14). The highest BCUT2D eigenvalue weighted by Crippen LogP contribution is 2.12. The van der Waals surface area contributed by atoms with Gasteiger partial charge in [-0.3, -0.25) is 0 Å². The maximum atomic E-state index is 8.61. The van der Waals surface area contributed by atoms with Crippen LogP contribution in [0.4, 0.5) is 0 Å². The zero-order chi connectivity index (χ0) is 13.2. The Morgan fingerprint density at radius 1 is 1.28 bits per heavy atom. The summed E-state index contributed by atoms with van der Waals surface area (Å²) < 4.78 is 5.53. The first-order valence-corrected chi connectivity index (χ1v) is 6.82. The molecule has 1 rings (SSSR count). The van der Waals surface area contributed by atoms with Crippen molar-refractivity contribution in [1.82, 2.24) is 0 Å². The van der Waals surface area contributed by atoms with E-state index in [4.69, 9.17) is 20.8 Å². The van der Waals surface area contributed by atoms with Crippen LogP contribution in [0.5, 0.6) is 5.75 Å². The molecule has 1 aromatic rings. The second-order valence-corrected chi connectivity index (χ2v) is 4.77. The van der Waals surface area contributed by atoms with Crippen molar-refractivity contribution in [1.29, 1.82) is 0 Å². The number of nitrogens with two attached hydrogens (primary N) is 1. The SMILES string of the molecule is NC(=NO)c1ccc(OCCSCCCO)cc1. The van der Waals surface area contributed by atoms with E-state index >= 15 is 0 Å². The Kier molecular flexibility index (Phi) is 7.05. The van der Waals surface area contributed by atoms with Gasteiger partial charge in [0.05, 0.1) is 6.61 Å². The van der Waals surface area contributed by atoms with E-state index < -0.39 is 0 Å². The van der Waals surface area contributed by atoms with E-state index in [-0.39, 0.29) is 12.4 Å². The summed E-state index contributed by atoms with van der Waals surface area (Å²) in [6.07, 6.45) is 0.819. The summed E-state index contributed by atoms with van der Waals surface area (Å²) >= 11 is 1.75. The highest BCUT2D eigenvalue weighted by molar-refractivity contribution is 7.99. The first-order chi connectivity index (χ1) is 8.77. The molecule has 4 N–H and O–H groups in total. The number of rotatable bonds is 8. The van der Waals surface area contributed by atoms with E-state index in [0.29, 0.717) is 12.2 Å². The van der Waals surface area contributed by atoms with Crippen molar-refractivity contribution in [2.45, 2.75) is 6.42 Å². The molecule has 0 aliphatic rings. The molecule has 0 aliphatic carbocycles. The van der Waals surface area contributed by atoms with Gasteiger partial charge in [0.1, 0.15) is 5.75 Å². The predicted molar refractivity (Wildman–Crippen MR) is 73.5 cm³/mol. The van der Waals surface area contributed by atoms with E-state index in [2.05, 4.69) is 5.16 Å². The second-order valence-electron chi connectivity index (χ2n) is 3.55. The van der Waals surface area contributed by atoms with Gasteiger partial charge in [-0.1, -0.05) is 5.16 Å². The van der Waals surface area contributed by atoms with Crippen molar-refractivity contribution in [3.63, 3.8) is 0 Å². The van der Waals surface area contributed by atoms with E-state index in [1.165, 1.54) is 0 Å². The third-order valence-electron chi connectivity index (χ3n) is 2.20. The summed E-state index contributed by atoms with van der Waals surface area (Å²) in [5, 5.41) is 20.0. The molecule has 0 amide bonds. The highest BCUT2D eigenvalue weighted by atomic mass is 32.2. The molecule has 0 heterocycles. The number of oxime groups is 1. The number of thioether (sulfide) groups is 1. The van der Waals surface area contributed by atoms with Gasteiger partial charge in [0.2, 0.25) is 0 Å². The lowest BCUT2D eigenvalue weighted by Crippen LogP contribution is -2.12. The molecule has 0 spiro atoms. The lowest BCUT2D eigenvalue weighted by atomic mass is 10.2. The molecule has 6 heteroatoms. The number of aliphatic hydroxyl groups is 1. The normalized spacial score (nSPS) is 11.5. The molecule has 0 aromatic heterocycles. The third-order valence-corrected chi connectivity index (χ3v) is 3.23. The largest absolute Gasteiger partial charge is 0.493 e. The minimum atomic E-state index is 0.0844. The predicted octanol–water partition coefficient (Wildman–Crippen LogP) is 1.28. The zero-order valence-corrected chi connectivity index (χ0v) is 10.9. The molecule has 0 aliphatic heterocycles. The van der Waals surface area contributed by atoms with Crippen LogP contribution in [0.15, 0.2) is 29.4 Å². The number of hydrogen-bond donors (Lipinski definition) is 3. The number of ether oxygens (including phenoxy) is 1. The van der Waals surface area contributed by atoms with Crippen LogP contribution < -0.4 is 10.5 Å². The maximum absolute atomic E-state index is 8.61. The number of amidine groups is 1. The summed E-state index contributed by atoms with van der Waals surface area (Å²) in [6.45, 7) is 0.863. The summed E-state index contributed by atoms with van der Waals surface area (Å²) in [5.74, 6) is 2.68. The fourth-order valence-corrected chi connectivity index (χ4v) is 2.01. The van der Waals surface area contributed by atoms with Crippen molar-refractivity contribution in [3.05, 3.63) is 29.8 Å². The van der Waals surface area contributed by atoms with Crippen molar-refractivity contribution in [2.75, 3.05) is 24.7 Å². The Balaban J connectivity index is 2.27. The molecule has 0 atom stereocenters. The van der Waals surface area contributed by atoms with Gasteiger partial charge in [-0.25, -0.2) is 0 Å². The first kappa shape index (κ1) is 14.7. The smallest absolute Gasteiger partial charge is 0.170 e. The van der Waals surface area contributed by atoms with Crippen LogP contribution in [0.25, 0.3) is 0 Å². The highest BCUT2D eigenvalue weighted by Gasteiger charge is 1.99. The van der Waals surface area contributed by atoms with Crippen LogP contribution in [-0.2, 0) is 0 Å². The Morgan fingerprint density at radius 3 is 2.61 bits per heavy atom. The van der Waals surface area contributed by atoms with Gasteiger partial charge in [0, 0.05) is 17.9 Å². The number of benzene rings is 1. The summed E-state index contributed by atoms with van der Waals surface area (Å²) in [5.41, 5.74) is 6.10. The Hall–Kier alpha value is -1.40. The van der Waals surface area contributed by atoms with E-state index in [9.17, 15) is 0 Å². The van der Waals surface area contributed by atoms with Crippen LogP contribution in [0.2, 0.25) is 0 Å². The van der Waals surface area contributed by atoms with Gasteiger partial charge in [-0.2, -0.15) is 11.8 Å². The molecule has 1 aromatic carbocycles. The first-order valence-electron chi connectivity index (χ1n) is 5.67. The molecule has 0 radical (unpaired) electrons. The van der Waals surface area contributed by atoms with Gasteiger partial charge in [-0.15, -0.1) is 0 Å². The number of nitrogens with zero attached hydrogens (tertiary/aromatic N) is 1. The van der Waals surface area contributed by atoms with Crippen LogP contribution in [-0.4, -0.2) is 40.9 Å². The minimum absolute atomic E-state index is 0.0844. The third kappa shape index (κ3) is 5.29. The van der Waals surface area contributed by atoms with Crippen LogP contribution in [0, 0.1) is 0 Å². The molecule has 0 saturated carbocycles. The van der Waals surface area contributed by atoms with E-state index in [1.54, 1.807) is 36.0 Å². The van der Waals surface area contributed by atoms with Crippen molar-refractivity contribution in [3.8, 4) is 5.75 Å². The zero-order valence-electron chi connectivity index (χ0n) is 10.1. The van der Waals surface area contributed by atoms with Crippen molar-refractivity contribution < 1.29 is 15.1 Å². The lowest BCUT2D eigenvalue weighted by molar-refractivity contribution is 0.296. The van der Waals surface area contributed by atoms with Crippen molar-refractivity contribution in [2.24, 2.45) is 10.9 Å². The molecule has 0 unspecified atom stereocenters. The lowest BCUT2D eigenvalue weighted by Gasteiger charge is -2.06. The van der Waals surface area contributed by atoms with E-state index in [1.807, 2.05) is 0 Å². The van der Waals surface area contributed by atoms with Crippen LogP contribution in [0.3, 0.4) is 0 Å². The fourth-order valence-electron chi connectivity index (χ4n) is 1.27. The monoisotopic (exact) mass is 270 g/mol. The average Bonchev–Trinajstić information content (AvgIpc) is 2.42. The van der Waals surface area contributed by atoms with E-state index in [0.717, 1.165) is 23.7 Å². The average molecular weight is 270 g/mol. The molecule has 18 heavy (non-hydrogen) atoms. The summed E-state index contributed by atoms with van der Waals surface area (Å²) in [4.78, 5) is 0. The Labute approximate surface area is 111 Å². The van der Waals surface area contributed by atoms with Gasteiger partial charge >= 0.3 is 0 Å². The molecular formula is C12H18N2O3S. The van der Waals surface area contributed by atoms with Gasteiger partial charge < -0.3 is 20.8 Å². The van der Waals surface area contributed by atoms with Crippen LogP contribution in [0.1, 0.15) is 12.0 Å². The number of aliphatic hydroxyl groups excluding tert-OH is 1. The fraction of sp³-hybridized carbons (Fsp3) is 0.417.